The van der Waals surface area contributed by atoms with Crippen molar-refractivity contribution in [3.05, 3.63) is 54.1 Å². The average molecular weight is 300 g/mol. The van der Waals surface area contributed by atoms with E-state index in [1.54, 1.807) is 0 Å². The van der Waals surface area contributed by atoms with Crippen molar-refractivity contribution >= 4 is 5.97 Å². The molecule has 22 heavy (non-hydrogen) atoms. The van der Waals surface area contributed by atoms with Crippen LogP contribution in [0.2, 0.25) is 0 Å². The summed E-state index contributed by atoms with van der Waals surface area (Å²) in [6.07, 6.45) is 1.08. The summed E-state index contributed by atoms with van der Waals surface area (Å²) in [6, 6.07) is 13.7. The first kappa shape index (κ1) is 15.9. The van der Waals surface area contributed by atoms with Crippen LogP contribution in [-0.2, 0) is 4.79 Å². The number of ether oxygens (including phenoxy) is 2. The molecule has 116 valence electrons. The van der Waals surface area contributed by atoms with Gasteiger partial charge in [0.2, 0.25) is 0 Å². The Labute approximate surface area is 130 Å². The van der Waals surface area contributed by atoms with Gasteiger partial charge < -0.3 is 14.6 Å². The molecule has 0 heterocycles. The van der Waals surface area contributed by atoms with Crippen LogP contribution in [0.15, 0.2) is 48.5 Å². The molecule has 1 N–H and O–H groups in total. The second-order valence-electron chi connectivity index (χ2n) is 5.13. The normalized spacial score (nSPS) is 11.7. The third-order valence-corrected chi connectivity index (χ3v) is 3.49. The van der Waals surface area contributed by atoms with Gasteiger partial charge in [0.1, 0.15) is 17.2 Å². The highest BCUT2D eigenvalue weighted by Crippen LogP contribution is 2.21. The molecule has 0 aliphatic carbocycles. The van der Waals surface area contributed by atoms with Gasteiger partial charge in [-0.15, -0.1) is 0 Å². The second kappa shape index (κ2) is 7.50. The van der Waals surface area contributed by atoms with E-state index in [-0.39, 0.29) is 12.4 Å². The first-order valence-electron chi connectivity index (χ1n) is 7.31. The molecular weight excluding hydrogens is 280 g/mol. The van der Waals surface area contributed by atoms with Gasteiger partial charge >= 0.3 is 5.97 Å². The van der Waals surface area contributed by atoms with Gasteiger partial charge in [-0.2, -0.15) is 0 Å². The maximum absolute atomic E-state index is 11.7. The topological polar surface area (TPSA) is 55.8 Å². The summed E-state index contributed by atoms with van der Waals surface area (Å²) in [7, 11) is 0. The first-order chi connectivity index (χ1) is 10.6. The van der Waals surface area contributed by atoms with E-state index in [1.807, 2.05) is 24.3 Å². The van der Waals surface area contributed by atoms with Crippen molar-refractivity contribution in [3.8, 4) is 17.2 Å². The predicted octanol–water partition coefficient (Wildman–Crippen LogP) is 3.89. The molecule has 2 rings (SSSR count). The molecule has 0 amide bonds. The summed E-state index contributed by atoms with van der Waals surface area (Å²) < 4.78 is 10.5. The van der Waals surface area contributed by atoms with Crippen LogP contribution in [0.4, 0.5) is 0 Å². The SMILES string of the molecule is CCC(C)c1ccc(OCC(=O)Oc2ccc(O)cc2)cc1. The van der Waals surface area contributed by atoms with Gasteiger partial charge in [0.15, 0.2) is 6.61 Å². The van der Waals surface area contributed by atoms with Crippen LogP contribution in [0.25, 0.3) is 0 Å². The fourth-order valence-corrected chi connectivity index (χ4v) is 1.95. The third kappa shape index (κ3) is 4.52. The Morgan fingerprint density at radius 2 is 1.64 bits per heavy atom. The Morgan fingerprint density at radius 1 is 1.05 bits per heavy atom. The molecule has 0 fully saturated rings. The molecule has 4 heteroatoms. The van der Waals surface area contributed by atoms with Gasteiger partial charge in [-0.25, -0.2) is 4.79 Å². The molecule has 1 unspecified atom stereocenters. The smallest absolute Gasteiger partial charge is 0.349 e. The fourth-order valence-electron chi connectivity index (χ4n) is 1.95. The average Bonchev–Trinajstić information content (AvgIpc) is 2.55. The number of carbonyl (C=O) groups excluding carboxylic acids is 1. The van der Waals surface area contributed by atoms with Crippen LogP contribution in [0.3, 0.4) is 0 Å². The monoisotopic (exact) mass is 300 g/mol. The lowest BCUT2D eigenvalue weighted by Gasteiger charge is -2.10. The maximum atomic E-state index is 11.7. The molecule has 0 saturated heterocycles. The molecule has 0 saturated carbocycles. The molecule has 2 aromatic carbocycles. The van der Waals surface area contributed by atoms with Crippen LogP contribution in [0, 0.1) is 0 Å². The van der Waals surface area contributed by atoms with E-state index in [9.17, 15) is 4.79 Å². The molecule has 0 aliphatic heterocycles. The quantitative estimate of drug-likeness (QED) is 0.649. The van der Waals surface area contributed by atoms with Crippen LogP contribution in [0.5, 0.6) is 17.2 Å². The van der Waals surface area contributed by atoms with Crippen molar-refractivity contribution in [1.82, 2.24) is 0 Å². The van der Waals surface area contributed by atoms with E-state index >= 15 is 0 Å². The van der Waals surface area contributed by atoms with Crippen molar-refractivity contribution in [2.45, 2.75) is 26.2 Å². The Kier molecular flexibility index (Phi) is 5.42. The van der Waals surface area contributed by atoms with Crippen LogP contribution in [0.1, 0.15) is 31.7 Å². The zero-order chi connectivity index (χ0) is 15.9. The van der Waals surface area contributed by atoms with Crippen LogP contribution in [-0.4, -0.2) is 17.7 Å². The highest BCUT2D eigenvalue weighted by atomic mass is 16.6. The minimum absolute atomic E-state index is 0.123. The number of hydrogen-bond donors (Lipinski definition) is 1. The van der Waals surface area contributed by atoms with Gasteiger partial charge in [0.25, 0.3) is 0 Å². The first-order valence-corrected chi connectivity index (χ1v) is 7.31. The molecular formula is C18H20O4. The number of phenolic OH excluding ortho intramolecular Hbond substituents is 1. The zero-order valence-corrected chi connectivity index (χ0v) is 12.8. The lowest BCUT2D eigenvalue weighted by molar-refractivity contribution is -0.136. The highest BCUT2D eigenvalue weighted by Gasteiger charge is 2.07. The fraction of sp³-hybridized carbons (Fsp3) is 0.278. The van der Waals surface area contributed by atoms with E-state index in [4.69, 9.17) is 14.6 Å². The number of aromatic hydroxyl groups is 1. The molecule has 0 aliphatic rings. The molecule has 1 atom stereocenters. The van der Waals surface area contributed by atoms with E-state index in [0.29, 0.717) is 17.4 Å². The number of hydrogen-bond acceptors (Lipinski definition) is 4. The van der Waals surface area contributed by atoms with Crippen molar-refractivity contribution in [2.75, 3.05) is 6.61 Å². The summed E-state index contributed by atoms with van der Waals surface area (Å²) >= 11 is 0. The van der Waals surface area contributed by atoms with Crippen LogP contribution >= 0.6 is 0 Å². The summed E-state index contributed by atoms with van der Waals surface area (Å²) in [5.74, 6) is 1.15. The summed E-state index contributed by atoms with van der Waals surface area (Å²) in [4.78, 5) is 11.7. The molecule has 4 nitrogen and oxygen atoms in total. The van der Waals surface area contributed by atoms with Gasteiger partial charge in [0.05, 0.1) is 0 Å². The third-order valence-electron chi connectivity index (χ3n) is 3.49. The van der Waals surface area contributed by atoms with Crippen molar-refractivity contribution < 1.29 is 19.4 Å². The molecule has 0 aromatic heterocycles. The second-order valence-corrected chi connectivity index (χ2v) is 5.13. The minimum atomic E-state index is -0.489. The van der Waals surface area contributed by atoms with Gasteiger partial charge in [-0.3, -0.25) is 0 Å². The molecule has 2 aromatic rings. The zero-order valence-electron chi connectivity index (χ0n) is 12.8. The number of carbonyl (C=O) groups is 1. The van der Waals surface area contributed by atoms with Gasteiger partial charge in [0, 0.05) is 0 Å². The summed E-state index contributed by atoms with van der Waals surface area (Å²) in [5.41, 5.74) is 1.25. The Balaban J connectivity index is 1.84. The maximum Gasteiger partial charge on any atom is 0.349 e. The lowest BCUT2D eigenvalue weighted by atomic mass is 9.99. The van der Waals surface area contributed by atoms with Gasteiger partial charge in [-0.1, -0.05) is 26.0 Å². The molecule has 0 radical (unpaired) electrons. The van der Waals surface area contributed by atoms with E-state index in [0.717, 1.165) is 6.42 Å². The van der Waals surface area contributed by atoms with Gasteiger partial charge in [-0.05, 0) is 54.3 Å². The summed E-state index contributed by atoms with van der Waals surface area (Å²) in [6.45, 7) is 4.16. The van der Waals surface area contributed by atoms with E-state index in [1.165, 1.54) is 29.8 Å². The predicted molar refractivity (Wildman–Crippen MR) is 84.4 cm³/mol. The Morgan fingerprint density at radius 3 is 2.23 bits per heavy atom. The Hall–Kier alpha value is -2.49. The minimum Gasteiger partial charge on any atom is -0.508 e. The molecule has 0 bridgehead atoms. The van der Waals surface area contributed by atoms with Crippen molar-refractivity contribution in [3.63, 3.8) is 0 Å². The van der Waals surface area contributed by atoms with E-state index < -0.39 is 5.97 Å². The Bertz CT molecular complexity index is 602. The number of phenols is 1. The lowest BCUT2D eigenvalue weighted by Crippen LogP contribution is -2.17. The van der Waals surface area contributed by atoms with E-state index in [2.05, 4.69) is 13.8 Å². The molecule has 0 spiro atoms. The standard InChI is InChI=1S/C18H20O4/c1-3-13(2)14-4-8-16(9-5-14)21-12-18(20)22-17-10-6-15(19)7-11-17/h4-11,13,19H,3,12H2,1-2H3. The highest BCUT2D eigenvalue weighted by molar-refractivity contribution is 5.74. The van der Waals surface area contributed by atoms with Crippen molar-refractivity contribution in [1.29, 1.82) is 0 Å². The number of rotatable bonds is 6. The van der Waals surface area contributed by atoms with Crippen LogP contribution < -0.4 is 9.47 Å². The number of benzene rings is 2. The summed E-state index contributed by atoms with van der Waals surface area (Å²) in [5, 5.41) is 9.16. The van der Waals surface area contributed by atoms with Crippen molar-refractivity contribution in [2.24, 2.45) is 0 Å². The largest absolute Gasteiger partial charge is 0.508 e. The number of esters is 1.